The van der Waals surface area contributed by atoms with E-state index in [1.54, 1.807) is 18.2 Å². The molecule has 0 radical (unpaired) electrons. The molecule has 0 atom stereocenters. The van der Waals surface area contributed by atoms with Crippen molar-refractivity contribution in [1.82, 2.24) is 4.90 Å². The van der Waals surface area contributed by atoms with Crippen molar-refractivity contribution in [2.75, 3.05) is 11.9 Å². The molecular formula is C24H22BrN3O4. The first-order valence-electron chi connectivity index (χ1n) is 10.4. The maximum Gasteiger partial charge on any atom is 0.294 e. The Morgan fingerprint density at radius 3 is 2.47 bits per heavy atom. The Labute approximate surface area is 193 Å². The van der Waals surface area contributed by atoms with Crippen LogP contribution in [0.3, 0.4) is 0 Å². The number of imide groups is 1. The summed E-state index contributed by atoms with van der Waals surface area (Å²) in [6.45, 7) is 6.15. The fraction of sp³-hybridized carbons (Fsp3) is 0.250. The number of carbonyl (C=O) groups is 2. The molecule has 0 bridgehead atoms. The maximum absolute atomic E-state index is 13.2. The van der Waals surface area contributed by atoms with E-state index >= 15 is 0 Å². The number of nitro benzene ring substituents is 1. The lowest BCUT2D eigenvalue weighted by atomic mass is 9.91. The van der Waals surface area contributed by atoms with Crippen LogP contribution < -0.4 is 5.32 Å². The van der Waals surface area contributed by atoms with Crippen LogP contribution >= 0.6 is 15.9 Å². The van der Waals surface area contributed by atoms with Crippen molar-refractivity contribution >= 4 is 55.6 Å². The molecule has 0 unspecified atom stereocenters. The minimum atomic E-state index is -0.494. The Balaban J connectivity index is 1.96. The summed E-state index contributed by atoms with van der Waals surface area (Å²) in [6.07, 6.45) is 1.50. The summed E-state index contributed by atoms with van der Waals surface area (Å²) in [5, 5.41) is 16.2. The number of nitro groups is 1. The summed E-state index contributed by atoms with van der Waals surface area (Å²) in [4.78, 5) is 39.0. The minimum Gasteiger partial charge on any atom is -0.349 e. The van der Waals surface area contributed by atoms with Gasteiger partial charge in [-0.2, -0.15) is 0 Å². The van der Waals surface area contributed by atoms with E-state index in [2.05, 4.69) is 21.2 Å². The molecule has 3 aromatic rings. The molecule has 1 N–H and O–H groups in total. The Morgan fingerprint density at radius 1 is 1.06 bits per heavy atom. The van der Waals surface area contributed by atoms with Crippen molar-refractivity contribution in [3.05, 3.63) is 73.2 Å². The molecule has 3 aromatic carbocycles. The number of benzene rings is 3. The molecule has 1 aliphatic rings. The van der Waals surface area contributed by atoms with E-state index in [4.69, 9.17) is 0 Å². The van der Waals surface area contributed by atoms with Crippen LogP contribution in [-0.4, -0.2) is 28.2 Å². The number of nitrogens with zero attached hydrogens (tertiary/aromatic N) is 2. The van der Waals surface area contributed by atoms with E-state index in [1.165, 1.54) is 11.0 Å². The molecule has 1 aliphatic heterocycles. The van der Waals surface area contributed by atoms with Gasteiger partial charge in [0, 0.05) is 39.1 Å². The molecular weight excluding hydrogens is 474 g/mol. The predicted molar refractivity (Wildman–Crippen MR) is 128 cm³/mol. The summed E-state index contributed by atoms with van der Waals surface area (Å²) < 4.78 is 0.940. The van der Waals surface area contributed by atoms with Crippen LogP contribution in [0, 0.1) is 24.0 Å². The van der Waals surface area contributed by atoms with Gasteiger partial charge in [-0.1, -0.05) is 41.4 Å². The number of anilines is 2. The highest BCUT2D eigenvalue weighted by atomic mass is 79.9. The van der Waals surface area contributed by atoms with Crippen LogP contribution in [0.1, 0.15) is 51.6 Å². The van der Waals surface area contributed by atoms with Crippen molar-refractivity contribution in [3.63, 3.8) is 0 Å². The molecule has 164 valence electrons. The topological polar surface area (TPSA) is 92.6 Å². The van der Waals surface area contributed by atoms with Gasteiger partial charge in [-0.3, -0.25) is 24.6 Å². The van der Waals surface area contributed by atoms with Crippen molar-refractivity contribution in [1.29, 1.82) is 0 Å². The van der Waals surface area contributed by atoms with Crippen molar-refractivity contribution in [2.24, 2.45) is 0 Å². The quantitative estimate of drug-likeness (QED) is 0.247. The second-order valence-corrected chi connectivity index (χ2v) is 8.74. The summed E-state index contributed by atoms with van der Waals surface area (Å²) in [5.41, 5.74) is 3.30. The van der Waals surface area contributed by atoms with Gasteiger partial charge in [0.25, 0.3) is 17.5 Å². The minimum absolute atomic E-state index is 0.187. The summed E-state index contributed by atoms with van der Waals surface area (Å²) >= 11 is 3.50. The molecule has 0 fully saturated rings. The lowest BCUT2D eigenvalue weighted by Gasteiger charge is -2.28. The zero-order valence-electron chi connectivity index (χ0n) is 18.0. The Bertz CT molecular complexity index is 1300. The largest absolute Gasteiger partial charge is 0.349 e. The zero-order valence-corrected chi connectivity index (χ0v) is 19.6. The Hall–Kier alpha value is -3.26. The molecule has 0 aromatic heterocycles. The molecule has 4 rings (SSSR count). The molecule has 0 aliphatic carbocycles. The van der Waals surface area contributed by atoms with E-state index in [9.17, 15) is 19.7 Å². The molecule has 1 heterocycles. The maximum atomic E-state index is 13.2. The molecule has 2 amide bonds. The van der Waals surface area contributed by atoms with Gasteiger partial charge >= 0.3 is 0 Å². The smallest absolute Gasteiger partial charge is 0.294 e. The predicted octanol–water partition coefficient (Wildman–Crippen LogP) is 6.27. The van der Waals surface area contributed by atoms with Crippen molar-refractivity contribution in [2.45, 2.75) is 33.6 Å². The summed E-state index contributed by atoms with van der Waals surface area (Å²) in [7, 11) is 0. The fourth-order valence-corrected chi connectivity index (χ4v) is 4.48. The van der Waals surface area contributed by atoms with E-state index in [0.29, 0.717) is 28.4 Å². The first kappa shape index (κ1) is 22.0. The average molecular weight is 496 g/mol. The van der Waals surface area contributed by atoms with Gasteiger partial charge in [-0.15, -0.1) is 0 Å². The monoisotopic (exact) mass is 495 g/mol. The van der Waals surface area contributed by atoms with Crippen LogP contribution in [-0.2, 0) is 0 Å². The number of carbonyl (C=O) groups excluding carboxylic acids is 2. The number of hydrogen-bond donors (Lipinski definition) is 1. The molecule has 0 saturated carbocycles. The third-order valence-corrected chi connectivity index (χ3v) is 6.86. The highest BCUT2D eigenvalue weighted by Crippen LogP contribution is 2.42. The number of amides is 2. The third-order valence-electron chi connectivity index (χ3n) is 6.00. The first-order valence-corrected chi connectivity index (χ1v) is 11.2. The second-order valence-electron chi connectivity index (χ2n) is 7.89. The van der Waals surface area contributed by atoms with Crippen molar-refractivity contribution < 1.29 is 14.5 Å². The van der Waals surface area contributed by atoms with Gasteiger partial charge in [0.2, 0.25) is 0 Å². The van der Waals surface area contributed by atoms with Gasteiger partial charge in [-0.25, -0.2) is 0 Å². The highest BCUT2D eigenvalue weighted by molar-refractivity contribution is 9.10. The summed E-state index contributed by atoms with van der Waals surface area (Å²) in [6, 6.07) is 10.1. The highest BCUT2D eigenvalue weighted by Gasteiger charge is 2.35. The second kappa shape index (κ2) is 8.35. The lowest BCUT2D eigenvalue weighted by molar-refractivity contribution is -0.383. The zero-order chi connectivity index (χ0) is 23.2. The van der Waals surface area contributed by atoms with Gasteiger partial charge in [0.15, 0.2) is 0 Å². The van der Waals surface area contributed by atoms with Gasteiger partial charge in [0.05, 0.1) is 10.5 Å². The third kappa shape index (κ3) is 3.44. The van der Waals surface area contributed by atoms with Crippen LogP contribution in [0.2, 0.25) is 0 Å². The van der Waals surface area contributed by atoms with E-state index < -0.39 is 10.8 Å². The van der Waals surface area contributed by atoms with Gasteiger partial charge in [0.1, 0.15) is 5.69 Å². The normalized spacial score (nSPS) is 13.1. The van der Waals surface area contributed by atoms with E-state index in [0.717, 1.165) is 22.0 Å². The standard InChI is InChI=1S/C24H22BrN3O4/c1-4-5-11-27-23(29)16-8-6-7-15-21(16)17(24(27)30)12-20(28(31)32)22(15)26-19-10-9-18(25)13(2)14(19)3/h6-10,12,26H,4-5,11H2,1-3H3. The van der Waals surface area contributed by atoms with Gasteiger partial charge < -0.3 is 5.32 Å². The number of unbranched alkanes of at least 4 members (excludes halogenated alkanes) is 1. The number of hydrogen-bond acceptors (Lipinski definition) is 5. The average Bonchev–Trinajstić information content (AvgIpc) is 2.77. The first-order chi connectivity index (χ1) is 15.3. The number of nitrogens with one attached hydrogen (secondary N) is 1. The van der Waals surface area contributed by atoms with Crippen molar-refractivity contribution in [3.8, 4) is 0 Å². The molecule has 32 heavy (non-hydrogen) atoms. The lowest BCUT2D eigenvalue weighted by Crippen LogP contribution is -2.40. The molecule has 8 heteroatoms. The summed E-state index contributed by atoms with van der Waals surface area (Å²) in [5.74, 6) is -0.852. The number of rotatable bonds is 6. The van der Waals surface area contributed by atoms with Crippen LogP contribution in [0.15, 0.2) is 40.9 Å². The van der Waals surface area contributed by atoms with E-state index in [1.807, 2.05) is 32.9 Å². The number of halogens is 1. The SMILES string of the molecule is CCCCN1C(=O)c2cccc3c(Nc4ccc(Br)c(C)c4C)c([N+](=O)[O-])cc(c23)C1=O. The Morgan fingerprint density at radius 2 is 1.78 bits per heavy atom. The molecule has 7 nitrogen and oxygen atoms in total. The fourth-order valence-electron chi connectivity index (χ4n) is 4.05. The molecule has 0 spiro atoms. The van der Waals surface area contributed by atoms with Crippen LogP contribution in [0.4, 0.5) is 17.1 Å². The van der Waals surface area contributed by atoms with E-state index in [-0.39, 0.29) is 29.4 Å². The van der Waals surface area contributed by atoms with Crippen LogP contribution in [0.25, 0.3) is 10.8 Å². The molecule has 0 saturated heterocycles. The van der Waals surface area contributed by atoms with Gasteiger partial charge in [-0.05, 0) is 49.6 Å². The Kier molecular flexibility index (Phi) is 5.73. The van der Waals surface area contributed by atoms with Crippen LogP contribution in [0.5, 0.6) is 0 Å².